The number of nitrogens with zero attached hydrogens (tertiary/aromatic N) is 4. The lowest BCUT2D eigenvalue weighted by Crippen LogP contribution is -2.25. The Labute approximate surface area is 119 Å². The molecule has 3 aromatic rings. The molecule has 0 saturated heterocycles. The average Bonchev–Trinajstić information content (AvgIpc) is 2.87. The van der Waals surface area contributed by atoms with Gasteiger partial charge in [-0.1, -0.05) is 17.3 Å². The van der Waals surface area contributed by atoms with E-state index in [2.05, 4.69) is 15.1 Å². The zero-order valence-electron chi connectivity index (χ0n) is 10.7. The summed E-state index contributed by atoms with van der Waals surface area (Å²) >= 11 is 5.89. The van der Waals surface area contributed by atoms with E-state index in [1.165, 1.54) is 4.57 Å². The van der Waals surface area contributed by atoms with Gasteiger partial charge in [-0.05, 0) is 19.1 Å². The highest BCUT2D eigenvalue weighted by atomic mass is 35.5. The van der Waals surface area contributed by atoms with Gasteiger partial charge in [-0.25, -0.2) is 4.98 Å². The van der Waals surface area contributed by atoms with Crippen molar-refractivity contribution in [1.29, 1.82) is 0 Å². The van der Waals surface area contributed by atoms with Crippen LogP contribution in [0.25, 0.3) is 10.9 Å². The van der Waals surface area contributed by atoms with Crippen molar-refractivity contribution in [2.24, 2.45) is 0 Å². The van der Waals surface area contributed by atoms with Gasteiger partial charge in [0, 0.05) is 0 Å². The third-order valence-electron chi connectivity index (χ3n) is 2.92. The van der Waals surface area contributed by atoms with E-state index in [0.717, 1.165) is 0 Å². The number of aryl methyl sites for hydroxylation is 1. The highest BCUT2D eigenvalue weighted by Gasteiger charge is 2.13. The first-order valence-corrected chi connectivity index (χ1v) is 6.56. The number of fused-ring (bicyclic) bond motifs is 1. The molecule has 0 aliphatic rings. The topological polar surface area (TPSA) is 73.8 Å². The molecule has 0 N–H and O–H groups in total. The summed E-state index contributed by atoms with van der Waals surface area (Å²) in [6.07, 6.45) is 0. The zero-order chi connectivity index (χ0) is 14.1. The molecule has 2 aromatic heterocycles. The predicted octanol–water partition coefficient (Wildman–Crippen LogP) is 1.88. The van der Waals surface area contributed by atoms with Crippen molar-refractivity contribution in [3.63, 3.8) is 0 Å². The highest BCUT2D eigenvalue weighted by Crippen LogP contribution is 2.10. The van der Waals surface area contributed by atoms with Crippen LogP contribution in [0.2, 0.25) is 0 Å². The molecule has 0 fully saturated rings. The van der Waals surface area contributed by atoms with Crippen LogP contribution >= 0.6 is 11.6 Å². The number of benzene rings is 1. The lowest BCUT2D eigenvalue weighted by molar-refractivity contribution is 0.364. The average molecular weight is 291 g/mol. The summed E-state index contributed by atoms with van der Waals surface area (Å²) in [4.78, 5) is 21.0. The van der Waals surface area contributed by atoms with E-state index < -0.39 is 0 Å². The molecule has 20 heavy (non-hydrogen) atoms. The van der Waals surface area contributed by atoms with Gasteiger partial charge >= 0.3 is 0 Å². The number of halogens is 1. The lowest BCUT2D eigenvalue weighted by atomic mass is 10.2. The van der Waals surface area contributed by atoms with Crippen LogP contribution in [-0.2, 0) is 12.4 Å². The van der Waals surface area contributed by atoms with E-state index in [-0.39, 0.29) is 18.0 Å². The van der Waals surface area contributed by atoms with E-state index in [4.69, 9.17) is 16.1 Å². The summed E-state index contributed by atoms with van der Waals surface area (Å²) < 4.78 is 6.50. The summed E-state index contributed by atoms with van der Waals surface area (Å²) in [5.74, 6) is 1.49. The van der Waals surface area contributed by atoms with E-state index >= 15 is 0 Å². The third-order valence-corrected chi connectivity index (χ3v) is 3.16. The Morgan fingerprint density at radius 3 is 2.80 bits per heavy atom. The molecule has 2 heterocycles. The molecule has 6 nitrogen and oxygen atoms in total. The normalized spacial score (nSPS) is 11.1. The molecule has 0 spiro atoms. The number of hydrogen-bond acceptors (Lipinski definition) is 5. The minimum atomic E-state index is -0.165. The number of alkyl halides is 1. The van der Waals surface area contributed by atoms with Gasteiger partial charge in [0.25, 0.3) is 5.56 Å². The van der Waals surface area contributed by atoms with Crippen LogP contribution in [0.15, 0.2) is 33.6 Å². The minimum absolute atomic E-state index is 0.132. The molecule has 0 atom stereocenters. The summed E-state index contributed by atoms with van der Waals surface area (Å²) in [5, 5.41) is 4.24. The van der Waals surface area contributed by atoms with Gasteiger partial charge in [-0.2, -0.15) is 4.98 Å². The maximum absolute atomic E-state index is 12.5. The summed E-state index contributed by atoms with van der Waals surface area (Å²) in [5.41, 5.74) is 0.466. The molecule has 102 valence electrons. The maximum Gasteiger partial charge on any atom is 0.261 e. The van der Waals surface area contributed by atoms with Crippen LogP contribution in [-0.4, -0.2) is 19.7 Å². The van der Waals surface area contributed by atoms with E-state index in [1.54, 1.807) is 25.1 Å². The van der Waals surface area contributed by atoms with Crippen LogP contribution in [0.1, 0.15) is 17.5 Å². The molecule has 0 saturated carbocycles. The van der Waals surface area contributed by atoms with Gasteiger partial charge in [0.15, 0.2) is 5.82 Å². The SMILES string of the molecule is Cc1noc(Cn2c(CCl)nc3ccccc3c2=O)n1. The van der Waals surface area contributed by atoms with Gasteiger partial charge in [0.05, 0.1) is 16.8 Å². The fourth-order valence-corrected chi connectivity index (χ4v) is 2.22. The first kappa shape index (κ1) is 12.8. The Morgan fingerprint density at radius 1 is 1.30 bits per heavy atom. The zero-order valence-corrected chi connectivity index (χ0v) is 11.5. The molecule has 3 rings (SSSR count). The Balaban J connectivity index is 2.18. The quantitative estimate of drug-likeness (QED) is 0.689. The van der Waals surface area contributed by atoms with Gasteiger partial charge in [-0.15, -0.1) is 11.6 Å². The van der Waals surface area contributed by atoms with Gasteiger partial charge in [0.1, 0.15) is 12.4 Å². The maximum atomic E-state index is 12.5. The van der Waals surface area contributed by atoms with Gasteiger partial charge in [-0.3, -0.25) is 9.36 Å². The molecule has 1 aromatic carbocycles. The Kier molecular flexibility index (Phi) is 3.23. The smallest absolute Gasteiger partial charge is 0.261 e. The Bertz CT molecular complexity index is 825. The second-order valence-electron chi connectivity index (χ2n) is 4.31. The number of rotatable bonds is 3. The van der Waals surface area contributed by atoms with Crippen molar-refractivity contribution in [2.75, 3.05) is 0 Å². The van der Waals surface area contributed by atoms with Crippen LogP contribution in [0.5, 0.6) is 0 Å². The monoisotopic (exact) mass is 290 g/mol. The van der Waals surface area contributed by atoms with Crippen LogP contribution in [0, 0.1) is 6.92 Å². The van der Waals surface area contributed by atoms with Crippen molar-refractivity contribution in [1.82, 2.24) is 19.7 Å². The second-order valence-corrected chi connectivity index (χ2v) is 4.57. The summed E-state index contributed by atoms with van der Waals surface area (Å²) in [6.45, 7) is 1.89. The number of hydrogen-bond donors (Lipinski definition) is 0. The second kappa shape index (κ2) is 5.05. The van der Waals surface area contributed by atoms with E-state index in [9.17, 15) is 4.79 Å². The molecule has 0 bridgehead atoms. The molecule has 0 radical (unpaired) electrons. The minimum Gasteiger partial charge on any atom is -0.337 e. The molecule has 0 aliphatic heterocycles. The van der Waals surface area contributed by atoms with Crippen molar-refractivity contribution in [3.8, 4) is 0 Å². The first-order chi connectivity index (χ1) is 9.69. The van der Waals surface area contributed by atoms with Crippen LogP contribution < -0.4 is 5.56 Å². The molecular formula is C13H11ClN4O2. The fourth-order valence-electron chi connectivity index (χ4n) is 2.02. The van der Waals surface area contributed by atoms with E-state index in [1.807, 2.05) is 6.07 Å². The first-order valence-electron chi connectivity index (χ1n) is 6.02. The molecule has 0 amide bonds. The molecule has 0 unspecified atom stereocenters. The van der Waals surface area contributed by atoms with Crippen molar-refractivity contribution < 1.29 is 4.52 Å². The van der Waals surface area contributed by atoms with E-state index in [0.29, 0.717) is 28.4 Å². The highest BCUT2D eigenvalue weighted by molar-refractivity contribution is 6.16. The molecule has 0 aliphatic carbocycles. The third kappa shape index (κ3) is 2.18. The van der Waals surface area contributed by atoms with Crippen LogP contribution in [0.3, 0.4) is 0 Å². The Hall–Kier alpha value is -2.21. The fraction of sp³-hybridized carbons (Fsp3) is 0.231. The lowest BCUT2D eigenvalue weighted by Gasteiger charge is -2.09. The van der Waals surface area contributed by atoms with Crippen molar-refractivity contribution >= 4 is 22.5 Å². The van der Waals surface area contributed by atoms with Gasteiger partial charge < -0.3 is 4.52 Å². The van der Waals surface area contributed by atoms with Crippen LogP contribution in [0.4, 0.5) is 0 Å². The molecular weight excluding hydrogens is 280 g/mol. The Morgan fingerprint density at radius 2 is 2.10 bits per heavy atom. The number of para-hydroxylation sites is 1. The predicted molar refractivity (Wildman–Crippen MR) is 73.7 cm³/mol. The summed E-state index contributed by atoms with van der Waals surface area (Å²) in [6, 6.07) is 7.15. The molecule has 7 heteroatoms. The van der Waals surface area contributed by atoms with Gasteiger partial charge in [0.2, 0.25) is 5.89 Å². The standard InChI is InChI=1S/C13H11ClN4O2/c1-8-15-12(20-17-8)7-18-11(6-14)16-10-5-3-2-4-9(10)13(18)19/h2-5H,6-7H2,1H3. The summed E-state index contributed by atoms with van der Waals surface area (Å²) in [7, 11) is 0. The van der Waals surface area contributed by atoms with Crippen molar-refractivity contribution in [3.05, 3.63) is 52.2 Å². The number of aromatic nitrogens is 4. The van der Waals surface area contributed by atoms with Crippen molar-refractivity contribution in [2.45, 2.75) is 19.3 Å². The largest absolute Gasteiger partial charge is 0.337 e.